The summed E-state index contributed by atoms with van der Waals surface area (Å²) in [4.78, 5) is 18.3. The SMILES string of the molecule is COc1cccc(COO)c1-n1nc(C(C)(C)C)c(C#N)c1N=Nc1ccc(N(CCCS(=O)(=O)O)CCCS(=O)(=O)O)cc1NC(C)=O. The lowest BCUT2D eigenvalue weighted by Crippen LogP contribution is -2.28. The number of nitrogens with one attached hydrogen (secondary N) is 1. The van der Waals surface area contributed by atoms with E-state index in [1.54, 1.807) is 29.2 Å². The molecule has 1 aromatic heterocycles. The van der Waals surface area contributed by atoms with Crippen LogP contribution < -0.4 is 15.0 Å². The fraction of sp³-hybridized carbons (Fsp3) is 0.433. The van der Waals surface area contributed by atoms with Crippen LogP contribution in [-0.4, -0.2) is 78.6 Å². The predicted molar refractivity (Wildman–Crippen MR) is 180 cm³/mol. The molecule has 19 heteroatoms. The third-order valence-corrected chi connectivity index (χ3v) is 8.60. The van der Waals surface area contributed by atoms with Gasteiger partial charge < -0.3 is 15.0 Å². The molecule has 0 saturated heterocycles. The Morgan fingerprint density at radius 2 is 1.69 bits per heavy atom. The zero-order valence-electron chi connectivity index (χ0n) is 27.6. The van der Waals surface area contributed by atoms with E-state index in [4.69, 9.17) is 9.84 Å². The van der Waals surface area contributed by atoms with Gasteiger partial charge in [0.15, 0.2) is 5.82 Å². The van der Waals surface area contributed by atoms with Gasteiger partial charge in [0.1, 0.15) is 35.4 Å². The fourth-order valence-corrected chi connectivity index (χ4v) is 5.88. The number of aromatic nitrogens is 2. The number of carbonyl (C=O) groups excluding carboxylic acids is 1. The molecule has 1 amide bonds. The smallest absolute Gasteiger partial charge is 0.264 e. The molecule has 4 N–H and O–H groups in total. The number of hydrogen-bond acceptors (Lipinski definition) is 13. The number of para-hydroxylation sites is 1. The van der Waals surface area contributed by atoms with Crippen molar-refractivity contribution >= 4 is 49.0 Å². The Morgan fingerprint density at radius 1 is 1.06 bits per heavy atom. The van der Waals surface area contributed by atoms with Crippen LogP contribution in [0.5, 0.6) is 5.75 Å². The van der Waals surface area contributed by atoms with Crippen LogP contribution in [0.1, 0.15) is 57.4 Å². The maximum atomic E-state index is 12.2. The Bertz CT molecular complexity index is 1910. The zero-order chi connectivity index (χ0) is 36.6. The molecule has 0 radical (unpaired) electrons. The molecule has 0 aliphatic rings. The second-order valence-corrected chi connectivity index (χ2v) is 15.1. The number of ether oxygens (including phenoxy) is 1. The predicted octanol–water partition coefficient (Wildman–Crippen LogP) is 4.78. The number of methoxy groups -OCH3 is 1. The van der Waals surface area contributed by atoms with Crippen LogP contribution >= 0.6 is 0 Å². The summed E-state index contributed by atoms with van der Waals surface area (Å²) in [6.07, 6.45) is -0.0180. The van der Waals surface area contributed by atoms with Crippen LogP contribution in [0.3, 0.4) is 0 Å². The summed E-state index contributed by atoms with van der Waals surface area (Å²) in [6, 6.07) is 11.8. The van der Waals surface area contributed by atoms with Crippen LogP contribution in [0.4, 0.5) is 22.9 Å². The highest BCUT2D eigenvalue weighted by Gasteiger charge is 2.30. The minimum Gasteiger partial charge on any atom is -0.494 e. The van der Waals surface area contributed by atoms with Gasteiger partial charge in [0.2, 0.25) is 5.91 Å². The third kappa shape index (κ3) is 11.0. The molecule has 0 spiro atoms. The van der Waals surface area contributed by atoms with Crippen LogP contribution in [0.15, 0.2) is 46.6 Å². The number of carbonyl (C=O) groups is 1. The average molecular weight is 722 g/mol. The molecule has 49 heavy (non-hydrogen) atoms. The van der Waals surface area contributed by atoms with Crippen molar-refractivity contribution < 1.29 is 45.6 Å². The molecule has 266 valence electrons. The van der Waals surface area contributed by atoms with Crippen molar-refractivity contribution in [3.05, 3.63) is 53.2 Å². The molecule has 0 aliphatic heterocycles. The van der Waals surface area contributed by atoms with E-state index in [1.165, 1.54) is 30.8 Å². The Morgan fingerprint density at radius 3 is 2.20 bits per heavy atom. The van der Waals surface area contributed by atoms with E-state index in [0.29, 0.717) is 28.4 Å². The van der Waals surface area contributed by atoms with Gasteiger partial charge in [-0.3, -0.25) is 19.2 Å². The number of rotatable bonds is 16. The van der Waals surface area contributed by atoms with Crippen molar-refractivity contribution in [2.45, 2.75) is 52.6 Å². The first-order valence-electron chi connectivity index (χ1n) is 14.8. The van der Waals surface area contributed by atoms with Gasteiger partial charge in [-0.25, -0.2) is 9.57 Å². The van der Waals surface area contributed by atoms with Gasteiger partial charge in [-0.2, -0.15) is 27.2 Å². The van der Waals surface area contributed by atoms with Gasteiger partial charge in [-0.15, -0.1) is 10.2 Å². The standard InChI is InChI=1S/C30H39N7O10S2/c1-20(38)32-25-17-22(36(13-7-15-48(40,41)42)14-8-16-49(43,44)45)11-12-24(25)33-34-29-23(18-31)28(30(2,3)4)35-37(29)27-21(19-47-39)9-6-10-26(27)46-5/h6,9-12,17,39H,7-8,13-16,19H2,1-5H3,(H,32,38)(H,40,41,42)(H,43,44,45). The van der Waals surface area contributed by atoms with Crippen molar-refractivity contribution in [3.63, 3.8) is 0 Å². The van der Waals surface area contributed by atoms with E-state index in [2.05, 4.69) is 26.5 Å². The average Bonchev–Trinajstić information content (AvgIpc) is 3.37. The zero-order valence-corrected chi connectivity index (χ0v) is 29.2. The Hall–Kier alpha value is -4.45. The molecule has 0 bridgehead atoms. The third-order valence-electron chi connectivity index (χ3n) is 6.99. The van der Waals surface area contributed by atoms with Gasteiger partial charge in [0.25, 0.3) is 20.2 Å². The van der Waals surface area contributed by atoms with E-state index in [-0.39, 0.29) is 55.3 Å². The second-order valence-electron chi connectivity index (χ2n) is 11.9. The first-order valence-corrected chi connectivity index (χ1v) is 18.0. The number of benzene rings is 2. The number of nitriles is 1. The molecule has 3 aromatic rings. The summed E-state index contributed by atoms with van der Waals surface area (Å²) in [5.74, 6) is -1.19. The molecule has 0 fully saturated rings. The Balaban J connectivity index is 2.18. The summed E-state index contributed by atoms with van der Waals surface area (Å²) in [6.45, 7) is 6.78. The van der Waals surface area contributed by atoms with E-state index in [1.807, 2.05) is 20.8 Å². The van der Waals surface area contributed by atoms with Crippen molar-refractivity contribution in [3.8, 4) is 17.5 Å². The highest BCUT2D eigenvalue weighted by Crippen LogP contribution is 2.39. The van der Waals surface area contributed by atoms with Crippen LogP contribution in [-0.2, 0) is 41.9 Å². The first-order chi connectivity index (χ1) is 22.9. The molecular formula is C30H39N7O10S2. The van der Waals surface area contributed by atoms with Crippen LogP contribution in [0, 0.1) is 11.3 Å². The highest BCUT2D eigenvalue weighted by molar-refractivity contribution is 7.86. The maximum Gasteiger partial charge on any atom is 0.264 e. The van der Waals surface area contributed by atoms with Crippen LogP contribution in [0.2, 0.25) is 0 Å². The molecule has 0 unspecified atom stereocenters. The van der Waals surface area contributed by atoms with Gasteiger partial charge >= 0.3 is 0 Å². The molecule has 1 heterocycles. The number of hydrogen-bond donors (Lipinski definition) is 4. The minimum atomic E-state index is -4.26. The Kier molecular flexibility index (Phi) is 13.0. The Labute approximate surface area is 284 Å². The number of anilines is 2. The monoisotopic (exact) mass is 721 g/mol. The molecule has 2 aromatic carbocycles. The highest BCUT2D eigenvalue weighted by atomic mass is 32.2. The maximum absolute atomic E-state index is 12.2. The van der Waals surface area contributed by atoms with E-state index in [0.717, 1.165) is 0 Å². The van der Waals surface area contributed by atoms with Gasteiger partial charge in [-0.05, 0) is 37.1 Å². The van der Waals surface area contributed by atoms with Gasteiger partial charge in [-0.1, -0.05) is 32.9 Å². The topological polar surface area (TPSA) is 246 Å². The molecular weight excluding hydrogens is 683 g/mol. The normalized spacial score (nSPS) is 12.2. The first kappa shape index (κ1) is 39.0. The molecule has 0 aliphatic carbocycles. The fourth-order valence-electron chi connectivity index (χ4n) is 4.89. The van der Waals surface area contributed by atoms with E-state index >= 15 is 0 Å². The molecule has 3 rings (SSSR count). The summed E-state index contributed by atoms with van der Waals surface area (Å²) in [7, 11) is -7.08. The second kappa shape index (κ2) is 16.3. The molecule has 17 nitrogen and oxygen atoms in total. The summed E-state index contributed by atoms with van der Waals surface area (Å²) in [5.41, 5.74) is 1.45. The van der Waals surface area contributed by atoms with Crippen molar-refractivity contribution in [2.75, 3.05) is 41.9 Å². The van der Waals surface area contributed by atoms with E-state index in [9.17, 15) is 41.3 Å². The summed E-state index contributed by atoms with van der Waals surface area (Å²) >= 11 is 0. The quantitative estimate of drug-likeness (QED) is 0.0674. The summed E-state index contributed by atoms with van der Waals surface area (Å²) in [5, 5.41) is 35.7. The lowest BCUT2D eigenvalue weighted by Gasteiger charge is -2.25. The number of azo groups is 1. The summed E-state index contributed by atoms with van der Waals surface area (Å²) < 4.78 is 70.5. The van der Waals surface area contributed by atoms with E-state index < -0.39 is 43.1 Å². The lowest BCUT2D eigenvalue weighted by atomic mass is 9.90. The van der Waals surface area contributed by atoms with Gasteiger partial charge in [0.05, 0.1) is 30.0 Å². The van der Waals surface area contributed by atoms with Crippen LogP contribution in [0.25, 0.3) is 5.69 Å². The minimum absolute atomic E-state index is 0.00900. The van der Waals surface area contributed by atoms with Crippen molar-refractivity contribution in [2.24, 2.45) is 10.2 Å². The number of amides is 1. The largest absolute Gasteiger partial charge is 0.494 e. The van der Waals surface area contributed by atoms with Crippen molar-refractivity contribution in [1.82, 2.24) is 9.78 Å². The number of nitrogens with zero attached hydrogens (tertiary/aromatic N) is 6. The lowest BCUT2D eigenvalue weighted by molar-refractivity contribution is -0.253. The molecule has 0 saturated carbocycles. The van der Waals surface area contributed by atoms with Crippen molar-refractivity contribution in [1.29, 1.82) is 5.26 Å². The van der Waals surface area contributed by atoms with Gasteiger partial charge in [0, 0.05) is 36.7 Å². The molecule has 0 atom stereocenters.